The highest BCUT2D eigenvalue weighted by atomic mass is 15.1. The summed E-state index contributed by atoms with van der Waals surface area (Å²) >= 11 is 0. The van der Waals surface area contributed by atoms with Crippen LogP contribution in [0, 0.1) is 0 Å². The van der Waals surface area contributed by atoms with Crippen molar-refractivity contribution in [2.24, 2.45) is 4.99 Å². The van der Waals surface area contributed by atoms with Crippen molar-refractivity contribution >= 4 is 6.21 Å². The van der Waals surface area contributed by atoms with Gasteiger partial charge in [-0.25, -0.2) is 0 Å². The SMILES string of the molecule is CN(C)C(C)(C)C=NC(C)(C)C. The van der Waals surface area contributed by atoms with E-state index in [1.807, 2.05) is 6.21 Å². The van der Waals surface area contributed by atoms with Crippen LogP contribution in [0.1, 0.15) is 34.6 Å². The Balaban J connectivity index is 4.34. The van der Waals surface area contributed by atoms with Crippen molar-refractivity contribution in [1.29, 1.82) is 0 Å². The molecule has 0 amide bonds. The van der Waals surface area contributed by atoms with Crippen LogP contribution in [0.4, 0.5) is 0 Å². The average molecular weight is 170 g/mol. The lowest BCUT2D eigenvalue weighted by Crippen LogP contribution is -2.40. The molecule has 0 saturated carbocycles. The zero-order valence-electron chi connectivity index (χ0n) is 9.47. The van der Waals surface area contributed by atoms with Gasteiger partial charge in [0, 0.05) is 11.8 Å². The Labute approximate surface area is 76.7 Å². The van der Waals surface area contributed by atoms with Crippen LogP contribution in [-0.4, -0.2) is 36.3 Å². The molecule has 0 fully saturated rings. The molecule has 2 heteroatoms. The number of nitrogens with zero attached hydrogens (tertiary/aromatic N) is 2. The predicted octanol–water partition coefficient (Wildman–Crippen LogP) is 2.20. The van der Waals surface area contributed by atoms with E-state index in [2.05, 4.69) is 58.6 Å². The van der Waals surface area contributed by atoms with Crippen molar-refractivity contribution in [3.8, 4) is 0 Å². The number of rotatable bonds is 2. The summed E-state index contributed by atoms with van der Waals surface area (Å²) in [5.74, 6) is 0. The average Bonchev–Trinajstić information content (AvgIpc) is 1.82. The van der Waals surface area contributed by atoms with Gasteiger partial charge in [-0.05, 0) is 48.7 Å². The minimum Gasteiger partial charge on any atom is -0.299 e. The molecular formula is C10H22N2. The predicted molar refractivity (Wildman–Crippen MR) is 56.0 cm³/mol. The van der Waals surface area contributed by atoms with Gasteiger partial charge >= 0.3 is 0 Å². The van der Waals surface area contributed by atoms with Gasteiger partial charge in [0.05, 0.1) is 5.54 Å². The largest absolute Gasteiger partial charge is 0.299 e. The fraction of sp³-hybridized carbons (Fsp3) is 0.900. The van der Waals surface area contributed by atoms with Gasteiger partial charge in [-0.2, -0.15) is 0 Å². The van der Waals surface area contributed by atoms with Crippen LogP contribution < -0.4 is 0 Å². The van der Waals surface area contributed by atoms with Gasteiger partial charge in [-0.3, -0.25) is 9.89 Å². The Morgan fingerprint density at radius 1 is 1.00 bits per heavy atom. The normalized spacial score (nSPS) is 14.7. The first-order valence-corrected chi connectivity index (χ1v) is 4.39. The van der Waals surface area contributed by atoms with Crippen molar-refractivity contribution < 1.29 is 0 Å². The van der Waals surface area contributed by atoms with Crippen LogP contribution in [0.25, 0.3) is 0 Å². The monoisotopic (exact) mass is 170 g/mol. The van der Waals surface area contributed by atoms with Crippen LogP contribution in [0.2, 0.25) is 0 Å². The smallest absolute Gasteiger partial charge is 0.0521 e. The van der Waals surface area contributed by atoms with Crippen LogP contribution in [0.3, 0.4) is 0 Å². The van der Waals surface area contributed by atoms with E-state index in [4.69, 9.17) is 0 Å². The molecular weight excluding hydrogens is 148 g/mol. The lowest BCUT2D eigenvalue weighted by molar-refractivity contribution is 0.278. The van der Waals surface area contributed by atoms with Gasteiger partial charge < -0.3 is 0 Å². The first kappa shape index (κ1) is 11.6. The highest BCUT2D eigenvalue weighted by Crippen LogP contribution is 2.11. The standard InChI is InChI=1S/C10H22N2/c1-9(2,3)11-8-10(4,5)12(6)7/h8H,1-7H3. The third kappa shape index (κ3) is 4.50. The van der Waals surface area contributed by atoms with E-state index in [0.29, 0.717) is 0 Å². The Kier molecular flexibility index (Phi) is 3.45. The molecule has 72 valence electrons. The van der Waals surface area contributed by atoms with Crippen molar-refractivity contribution in [3.63, 3.8) is 0 Å². The van der Waals surface area contributed by atoms with E-state index in [0.717, 1.165) is 0 Å². The third-order valence-electron chi connectivity index (χ3n) is 1.92. The van der Waals surface area contributed by atoms with Gasteiger partial charge in [0.25, 0.3) is 0 Å². The molecule has 0 aliphatic rings. The third-order valence-corrected chi connectivity index (χ3v) is 1.92. The van der Waals surface area contributed by atoms with E-state index in [9.17, 15) is 0 Å². The second-order valence-corrected chi connectivity index (χ2v) is 4.98. The molecule has 0 aliphatic carbocycles. The van der Waals surface area contributed by atoms with Crippen molar-refractivity contribution in [1.82, 2.24) is 4.90 Å². The van der Waals surface area contributed by atoms with Crippen molar-refractivity contribution in [3.05, 3.63) is 0 Å². The molecule has 2 nitrogen and oxygen atoms in total. The molecule has 0 rings (SSSR count). The summed E-state index contributed by atoms with van der Waals surface area (Å²) in [4.78, 5) is 6.64. The van der Waals surface area contributed by atoms with E-state index >= 15 is 0 Å². The Hall–Kier alpha value is -0.370. The van der Waals surface area contributed by atoms with Gasteiger partial charge in [0.15, 0.2) is 0 Å². The maximum absolute atomic E-state index is 4.48. The summed E-state index contributed by atoms with van der Waals surface area (Å²) in [5.41, 5.74) is 0.0839. The Morgan fingerprint density at radius 2 is 1.42 bits per heavy atom. The summed E-state index contributed by atoms with van der Waals surface area (Å²) in [6.45, 7) is 10.6. The number of aliphatic imine (C=N–C) groups is 1. The quantitative estimate of drug-likeness (QED) is 0.580. The summed E-state index contributed by atoms with van der Waals surface area (Å²) in [7, 11) is 4.13. The second kappa shape index (κ2) is 3.56. The first-order chi connectivity index (χ1) is 5.15. The van der Waals surface area contributed by atoms with Gasteiger partial charge in [0.1, 0.15) is 0 Å². The fourth-order valence-corrected chi connectivity index (χ4v) is 0.467. The topological polar surface area (TPSA) is 15.6 Å². The first-order valence-electron chi connectivity index (χ1n) is 4.39. The summed E-state index contributed by atoms with van der Waals surface area (Å²) < 4.78 is 0. The van der Waals surface area contributed by atoms with E-state index in [-0.39, 0.29) is 11.1 Å². The number of hydrogen-bond donors (Lipinski definition) is 0. The Bertz CT molecular complexity index is 161. The molecule has 0 saturated heterocycles. The van der Waals surface area contributed by atoms with Crippen molar-refractivity contribution in [2.45, 2.75) is 45.7 Å². The lowest BCUT2D eigenvalue weighted by Gasteiger charge is -2.29. The molecule has 0 unspecified atom stereocenters. The van der Waals surface area contributed by atoms with Crippen LogP contribution in [-0.2, 0) is 0 Å². The maximum Gasteiger partial charge on any atom is 0.0521 e. The summed E-state index contributed by atoms with van der Waals surface area (Å²) in [5, 5.41) is 0. The fourth-order valence-electron chi connectivity index (χ4n) is 0.467. The van der Waals surface area contributed by atoms with Gasteiger partial charge in [-0.15, -0.1) is 0 Å². The summed E-state index contributed by atoms with van der Waals surface area (Å²) in [6.07, 6.45) is 2.02. The highest BCUT2D eigenvalue weighted by Gasteiger charge is 2.18. The van der Waals surface area contributed by atoms with Crippen LogP contribution in [0.5, 0.6) is 0 Å². The zero-order chi connectivity index (χ0) is 9.99. The molecule has 0 heterocycles. The summed E-state index contributed by atoms with van der Waals surface area (Å²) in [6, 6.07) is 0. The molecule has 0 radical (unpaired) electrons. The van der Waals surface area contributed by atoms with Crippen molar-refractivity contribution in [2.75, 3.05) is 14.1 Å². The molecule has 12 heavy (non-hydrogen) atoms. The molecule has 0 N–H and O–H groups in total. The lowest BCUT2D eigenvalue weighted by atomic mass is 10.0. The second-order valence-electron chi connectivity index (χ2n) is 4.98. The van der Waals surface area contributed by atoms with Crippen LogP contribution >= 0.6 is 0 Å². The Morgan fingerprint density at radius 3 is 1.67 bits per heavy atom. The zero-order valence-corrected chi connectivity index (χ0v) is 9.47. The molecule has 0 aromatic carbocycles. The molecule has 0 spiro atoms. The van der Waals surface area contributed by atoms with E-state index < -0.39 is 0 Å². The molecule has 0 bridgehead atoms. The van der Waals surface area contributed by atoms with Crippen LogP contribution in [0.15, 0.2) is 4.99 Å². The molecule has 0 atom stereocenters. The highest BCUT2D eigenvalue weighted by molar-refractivity contribution is 5.69. The van der Waals surface area contributed by atoms with Gasteiger partial charge in [-0.1, -0.05) is 0 Å². The molecule has 0 aliphatic heterocycles. The maximum atomic E-state index is 4.48. The number of hydrogen-bond acceptors (Lipinski definition) is 2. The van der Waals surface area contributed by atoms with Gasteiger partial charge in [0.2, 0.25) is 0 Å². The molecule has 0 aromatic heterocycles. The molecule has 0 aromatic rings. The van der Waals surface area contributed by atoms with E-state index in [1.54, 1.807) is 0 Å². The minimum atomic E-state index is 0.0350. The minimum absolute atomic E-state index is 0.0350. The van der Waals surface area contributed by atoms with E-state index in [1.165, 1.54) is 0 Å².